The number of nitrogens with one attached hydrogen (secondary N) is 2. The molecule has 2 atom stereocenters. The minimum absolute atomic E-state index is 0.0461. The number of hydrogen-bond acceptors (Lipinski definition) is 4. The minimum Gasteiger partial charge on any atom is -0.426 e. The summed E-state index contributed by atoms with van der Waals surface area (Å²) in [6.45, 7) is 7.69. The smallest absolute Gasteiger partial charge is 0.426 e. The van der Waals surface area contributed by atoms with Gasteiger partial charge in [-0.3, -0.25) is 9.59 Å². The van der Waals surface area contributed by atoms with E-state index in [1.807, 2.05) is 56.5 Å². The molecule has 0 saturated heterocycles. The lowest BCUT2D eigenvalue weighted by molar-refractivity contribution is -0.129. The normalized spacial score (nSPS) is 13.4. The third-order valence-corrected chi connectivity index (χ3v) is 5.81. The van der Waals surface area contributed by atoms with Gasteiger partial charge >= 0.3 is 7.12 Å². The first-order valence-corrected chi connectivity index (χ1v) is 11.7. The number of halogens is 1. The molecule has 0 aliphatic heterocycles. The average Bonchev–Trinajstić information content (AvgIpc) is 3.05. The van der Waals surface area contributed by atoms with E-state index in [4.69, 9.17) is 0 Å². The molecule has 0 fully saturated rings. The van der Waals surface area contributed by atoms with E-state index in [9.17, 15) is 24.0 Å². The van der Waals surface area contributed by atoms with Crippen molar-refractivity contribution in [2.24, 2.45) is 11.8 Å². The number of aromatic nitrogens is 1. The van der Waals surface area contributed by atoms with Crippen LogP contribution in [0.25, 0.3) is 21.8 Å². The summed E-state index contributed by atoms with van der Waals surface area (Å²) in [7, 11) is -1.69. The Morgan fingerprint density at radius 2 is 1.59 bits per heavy atom. The fourth-order valence-corrected chi connectivity index (χ4v) is 4.33. The SMILES string of the molecule is CC(C)C[C@H](NC(=O)[C@H](CC(C)C)NC(=O)Cn1c2ccccc2c2cc(F)ccc21)B(O)O. The number of benzene rings is 2. The van der Waals surface area contributed by atoms with Crippen molar-refractivity contribution in [1.82, 2.24) is 15.2 Å². The van der Waals surface area contributed by atoms with Crippen LogP contribution in [0.3, 0.4) is 0 Å². The molecule has 3 rings (SSSR count). The molecule has 9 heteroatoms. The molecule has 0 bridgehead atoms. The van der Waals surface area contributed by atoms with Gasteiger partial charge in [-0.15, -0.1) is 0 Å². The summed E-state index contributed by atoms with van der Waals surface area (Å²) >= 11 is 0. The van der Waals surface area contributed by atoms with Crippen molar-refractivity contribution in [2.75, 3.05) is 0 Å². The van der Waals surface area contributed by atoms with Crippen LogP contribution in [0.5, 0.6) is 0 Å². The largest absolute Gasteiger partial charge is 0.475 e. The molecule has 0 saturated carbocycles. The van der Waals surface area contributed by atoms with Crippen LogP contribution in [0, 0.1) is 17.7 Å². The van der Waals surface area contributed by atoms with Gasteiger partial charge in [-0.25, -0.2) is 4.39 Å². The van der Waals surface area contributed by atoms with Crippen molar-refractivity contribution in [2.45, 2.75) is 59.1 Å². The summed E-state index contributed by atoms with van der Waals surface area (Å²) < 4.78 is 15.7. The molecular weight excluding hydrogens is 436 g/mol. The molecule has 7 nitrogen and oxygen atoms in total. The van der Waals surface area contributed by atoms with Gasteiger partial charge in [0.1, 0.15) is 18.4 Å². The fraction of sp³-hybridized carbons (Fsp3) is 0.440. The Bertz CT molecular complexity index is 1160. The monoisotopic (exact) mass is 469 g/mol. The Hall–Kier alpha value is -2.91. The molecule has 0 spiro atoms. The van der Waals surface area contributed by atoms with Crippen LogP contribution in [-0.2, 0) is 16.1 Å². The van der Waals surface area contributed by atoms with Crippen molar-refractivity contribution in [3.63, 3.8) is 0 Å². The molecule has 2 amide bonds. The summed E-state index contributed by atoms with van der Waals surface area (Å²) in [5, 5.41) is 26.4. The highest BCUT2D eigenvalue weighted by molar-refractivity contribution is 6.43. The van der Waals surface area contributed by atoms with Gasteiger partial charge in [0.05, 0.1) is 5.94 Å². The highest BCUT2D eigenvalue weighted by Crippen LogP contribution is 2.29. The van der Waals surface area contributed by atoms with E-state index in [1.54, 1.807) is 6.07 Å². The average molecular weight is 469 g/mol. The summed E-state index contributed by atoms with van der Waals surface area (Å²) in [5.74, 6) is -1.73. The molecule has 34 heavy (non-hydrogen) atoms. The number of nitrogens with zero attached hydrogens (tertiary/aromatic N) is 1. The standard InChI is InChI=1S/C25H33BFN3O4/c1-15(2)11-20(25(32)29-23(26(33)34)12-16(3)4)28-24(31)14-30-21-8-6-5-7-18(21)19-13-17(27)9-10-22(19)30/h5-10,13,15-16,20,23,33-34H,11-12,14H2,1-4H3,(H,28,31)(H,29,32)/t20-,23-/m0/s1. The molecular formula is C25H33BFN3O4. The maximum atomic E-state index is 13.9. The van der Waals surface area contributed by atoms with Crippen LogP contribution >= 0.6 is 0 Å². The summed E-state index contributed by atoms with van der Waals surface area (Å²) in [6, 6.07) is 11.1. The maximum Gasteiger partial charge on any atom is 0.475 e. The van der Waals surface area contributed by atoms with E-state index >= 15 is 0 Å². The molecule has 0 aliphatic carbocycles. The first-order valence-electron chi connectivity index (χ1n) is 11.7. The lowest BCUT2D eigenvalue weighted by Crippen LogP contribution is -2.55. The second kappa shape index (κ2) is 11.0. The third-order valence-electron chi connectivity index (χ3n) is 5.81. The number of rotatable bonds is 10. The summed E-state index contributed by atoms with van der Waals surface area (Å²) in [5.41, 5.74) is 1.52. The third kappa shape index (κ3) is 6.15. The van der Waals surface area contributed by atoms with Crippen LogP contribution < -0.4 is 10.6 Å². The van der Waals surface area contributed by atoms with E-state index in [0.29, 0.717) is 18.2 Å². The fourth-order valence-electron chi connectivity index (χ4n) is 4.33. The van der Waals surface area contributed by atoms with E-state index in [1.165, 1.54) is 12.1 Å². The van der Waals surface area contributed by atoms with Crippen LogP contribution in [0.15, 0.2) is 42.5 Å². The van der Waals surface area contributed by atoms with Crippen LogP contribution in [0.4, 0.5) is 4.39 Å². The minimum atomic E-state index is -1.69. The number of carbonyl (C=O) groups excluding carboxylic acids is 2. The van der Waals surface area contributed by atoms with Crippen molar-refractivity contribution in [1.29, 1.82) is 0 Å². The molecule has 3 aromatic rings. The van der Waals surface area contributed by atoms with Crippen molar-refractivity contribution < 1.29 is 24.0 Å². The van der Waals surface area contributed by atoms with Gasteiger partial charge in [0.2, 0.25) is 11.8 Å². The van der Waals surface area contributed by atoms with Gasteiger partial charge in [-0.1, -0.05) is 45.9 Å². The zero-order chi connectivity index (χ0) is 25.0. The van der Waals surface area contributed by atoms with Crippen LogP contribution in [-0.4, -0.2) is 45.5 Å². The number of carbonyl (C=O) groups is 2. The molecule has 0 unspecified atom stereocenters. The van der Waals surface area contributed by atoms with Crippen LogP contribution in [0.2, 0.25) is 0 Å². The van der Waals surface area contributed by atoms with E-state index in [0.717, 1.165) is 16.4 Å². The van der Waals surface area contributed by atoms with Crippen LogP contribution in [0.1, 0.15) is 40.5 Å². The Labute approximate surface area is 199 Å². The molecule has 182 valence electrons. The number of fused-ring (bicyclic) bond motifs is 3. The Kier molecular flexibility index (Phi) is 8.33. The first-order chi connectivity index (χ1) is 16.1. The summed E-state index contributed by atoms with van der Waals surface area (Å²) in [6.07, 6.45) is 0.787. The Balaban J connectivity index is 1.82. The number of para-hydroxylation sites is 1. The highest BCUT2D eigenvalue weighted by atomic mass is 19.1. The second-order valence-corrected chi connectivity index (χ2v) is 9.67. The molecule has 4 N–H and O–H groups in total. The molecule has 2 aromatic carbocycles. The van der Waals surface area contributed by atoms with E-state index < -0.39 is 25.0 Å². The second-order valence-electron chi connectivity index (χ2n) is 9.67. The van der Waals surface area contributed by atoms with Gasteiger partial charge in [-0.2, -0.15) is 0 Å². The molecule has 0 aliphatic rings. The maximum absolute atomic E-state index is 13.9. The topological polar surface area (TPSA) is 104 Å². The number of hydrogen-bond donors (Lipinski definition) is 4. The lowest BCUT2D eigenvalue weighted by Gasteiger charge is -2.25. The predicted molar refractivity (Wildman–Crippen MR) is 132 cm³/mol. The van der Waals surface area contributed by atoms with Crippen molar-refractivity contribution in [3.8, 4) is 0 Å². The highest BCUT2D eigenvalue weighted by Gasteiger charge is 2.30. The van der Waals surface area contributed by atoms with Crippen molar-refractivity contribution in [3.05, 3.63) is 48.3 Å². The zero-order valence-electron chi connectivity index (χ0n) is 20.1. The van der Waals surface area contributed by atoms with Gasteiger partial charge in [-0.05, 0) is 48.9 Å². The van der Waals surface area contributed by atoms with Gasteiger partial charge in [0.25, 0.3) is 0 Å². The molecule has 1 aromatic heterocycles. The number of amides is 2. The quantitative estimate of drug-likeness (QED) is 0.343. The van der Waals surface area contributed by atoms with Gasteiger partial charge < -0.3 is 25.2 Å². The first kappa shape index (κ1) is 25.7. The summed E-state index contributed by atoms with van der Waals surface area (Å²) in [4.78, 5) is 26.1. The van der Waals surface area contributed by atoms with E-state index in [2.05, 4.69) is 10.6 Å². The van der Waals surface area contributed by atoms with Crippen molar-refractivity contribution >= 4 is 40.7 Å². The van der Waals surface area contributed by atoms with E-state index in [-0.39, 0.29) is 30.1 Å². The lowest BCUT2D eigenvalue weighted by atomic mass is 9.75. The molecule has 1 heterocycles. The zero-order valence-corrected chi connectivity index (χ0v) is 20.1. The van der Waals surface area contributed by atoms with Gasteiger partial charge in [0, 0.05) is 21.8 Å². The molecule has 0 radical (unpaired) electrons. The Morgan fingerprint density at radius 3 is 2.24 bits per heavy atom. The Morgan fingerprint density at radius 1 is 0.941 bits per heavy atom. The predicted octanol–water partition coefficient (Wildman–Crippen LogP) is 3.01. The van der Waals surface area contributed by atoms with Gasteiger partial charge in [0.15, 0.2) is 0 Å².